The third-order valence-electron chi connectivity index (χ3n) is 5.26. The number of nitrogens with zero attached hydrogens (tertiary/aromatic N) is 1. The van der Waals surface area contributed by atoms with Gasteiger partial charge in [0.25, 0.3) is 5.91 Å². The lowest BCUT2D eigenvalue weighted by Gasteiger charge is -2.26. The molecule has 1 aromatic heterocycles. The van der Waals surface area contributed by atoms with Gasteiger partial charge >= 0.3 is 5.63 Å². The predicted molar refractivity (Wildman–Crippen MR) is 114 cm³/mol. The smallest absolute Gasteiger partial charge is 0.349 e. The summed E-state index contributed by atoms with van der Waals surface area (Å²) in [6.07, 6.45) is 2.70. The van der Waals surface area contributed by atoms with Crippen LogP contribution in [0.2, 0.25) is 0 Å². The minimum Gasteiger partial charge on any atom is -0.422 e. The van der Waals surface area contributed by atoms with Crippen LogP contribution < -0.4 is 10.9 Å². The van der Waals surface area contributed by atoms with Gasteiger partial charge in [-0.15, -0.1) is 0 Å². The number of hydrogen-bond donors (Lipinski definition) is 1. The minimum atomic E-state index is -3.65. The molecule has 0 saturated carbocycles. The average Bonchev–Trinajstić information content (AvgIpc) is 2.75. The zero-order valence-electron chi connectivity index (χ0n) is 16.6. The van der Waals surface area contributed by atoms with Crippen LogP contribution in [-0.4, -0.2) is 31.7 Å². The fourth-order valence-corrected chi connectivity index (χ4v) is 5.39. The van der Waals surface area contributed by atoms with E-state index in [1.165, 1.54) is 16.4 Å². The normalized spacial score (nSPS) is 15.2. The number of anilines is 1. The molecule has 30 heavy (non-hydrogen) atoms. The number of carbonyl (C=O) groups excluding carboxylic acids is 1. The standard InChI is InChI=1S/C22H22N2O5S/c1-15-9-10-17(14-20(15)30(27,28)24-11-5-2-6-12-24)23-21(25)18-13-16-7-3-4-8-19(16)29-22(18)26/h3-4,7-10,13-14H,2,5-6,11-12H2,1H3,(H,23,25). The Labute approximate surface area is 174 Å². The van der Waals surface area contributed by atoms with E-state index in [1.807, 2.05) is 0 Å². The van der Waals surface area contributed by atoms with E-state index in [2.05, 4.69) is 5.32 Å². The first-order valence-electron chi connectivity index (χ1n) is 9.81. The van der Waals surface area contributed by atoms with Gasteiger partial charge in [0.1, 0.15) is 11.1 Å². The zero-order chi connectivity index (χ0) is 21.3. The number of amides is 1. The summed E-state index contributed by atoms with van der Waals surface area (Å²) in [5.74, 6) is -0.653. The molecular weight excluding hydrogens is 404 g/mol. The molecule has 1 aliphatic rings. The van der Waals surface area contributed by atoms with Gasteiger partial charge < -0.3 is 9.73 Å². The highest BCUT2D eigenvalue weighted by Crippen LogP contribution is 2.26. The molecule has 0 aliphatic carbocycles. The topological polar surface area (TPSA) is 96.7 Å². The first kappa shape index (κ1) is 20.3. The molecule has 3 aromatic rings. The van der Waals surface area contributed by atoms with Crippen LogP contribution in [0, 0.1) is 6.92 Å². The van der Waals surface area contributed by atoms with Gasteiger partial charge in [-0.05, 0) is 49.6 Å². The molecule has 2 aromatic carbocycles. The third kappa shape index (κ3) is 3.88. The van der Waals surface area contributed by atoms with E-state index >= 15 is 0 Å². The van der Waals surface area contributed by atoms with Crippen LogP contribution in [0.3, 0.4) is 0 Å². The number of fused-ring (bicyclic) bond motifs is 1. The first-order valence-corrected chi connectivity index (χ1v) is 11.3. The lowest BCUT2D eigenvalue weighted by Crippen LogP contribution is -2.36. The van der Waals surface area contributed by atoms with Gasteiger partial charge in [0.05, 0.1) is 4.90 Å². The van der Waals surface area contributed by atoms with E-state index in [4.69, 9.17) is 4.42 Å². The highest BCUT2D eigenvalue weighted by atomic mass is 32.2. The number of nitrogens with one attached hydrogen (secondary N) is 1. The lowest BCUT2D eigenvalue weighted by molar-refractivity contribution is 0.102. The first-order chi connectivity index (χ1) is 14.4. The Bertz CT molecular complexity index is 1270. The van der Waals surface area contributed by atoms with Crippen molar-refractivity contribution < 1.29 is 17.6 Å². The lowest BCUT2D eigenvalue weighted by atomic mass is 10.1. The molecule has 1 amide bonds. The summed E-state index contributed by atoms with van der Waals surface area (Å²) in [7, 11) is -3.65. The van der Waals surface area contributed by atoms with Gasteiger partial charge in [-0.2, -0.15) is 4.31 Å². The molecule has 2 heterocycles. The number of benzene rings is 2. The Hall–Kier alpha value is -2.97. The van der Waals surface area contributed by atoms with Gasteiger partial charge in [0.15, 0.2) is 0 Å². The highest BCUT2D eigenvalue weighted by molar-refractivity contribution is 7.89. The SMILES string of the molecule is Cc1ccc(NC(=O)c2cc3ccccc3oc2=O)cc1S(=O)(=O)N1CCCCC1. The Balaban J connectivity index is 1.64. The Morgan fingerprint density at radius 2 is 1.77 bits per heavy atom. The molecule has 0 atom stereocenters. The fraction of sp³-hybridized carbons (Fsp3) is 0.273. The number of aryl methyl sites for hydroxylation is 1. The van der Waals surface area contributed by atoms with Crippen molar-refractivity contribution in [3.05, 3.63) is 70.1 Å². The van der Waals surface area contributed by atoms with Crippen molar-refractivity contribution in [2.24, 2.45) is 0 Å². The molecule has 4 rings (SSSR count). The third-order valence-corrected chi connectivity index (χ3v) is 7.31. The summed E-state index contributed by atoms with van der Waals surface area (Å²) in [6, 6.07) is 13.1. The molecule has 0 unspecified atom stereocenters. The molecule has 0 bridgehead atoms. The van der Waals surface area contributed by atoms with Crippen molar-refractivity contribution in [3.8, 4) is 0 Å². The Morgan fingerprint density at radius 1 is 1.03 bits per heavy atom. The quantitative estimate of drug-likeness (QED) is 0.644. The maximum Gasteiger partial charge on any atom is 0.349 e. The second kappa shape index (κ2) is 8.04. The van der Waals surface area contributed by atoms with Crippen LogP contribution in [0.1, 0.15) is 35.2 Å². The Morgan fingerprint density at radius 3 is 2.53 bits per heavy atom. The second-order valence-corrected chi connectivity index (χ2v) is 9.29. The van der Waals surface area contributed by atoms with Gasteiger partial charge in [-0.3, -0.25) is 4.79 Å². The number of hydrogen-bond acceptors (Lipinski definition) is 5. The van der Waals surface area contributed by atoms with Crippen LogP contribution in [-0.2, 0) is 10.0 Å². The Kier molecular flexibility index (Phi) is 5.44. The van der Waals surface area contributed by atoms with E-state index in [-0.39, 0.29) is 10.5 Å². The summed E-state index contributed by atoms with van der Waals surface area (Å²) in [6.45, 7) is 2.72. The summed E-state index contributed by atoms with van der Waals surface area (Å²) < 4.78 is 32.8. The molecule has 1 aliphatic heterocycles. The number of piperidine rings is 1. The van der Waals surface area contributed by atoms with Crippen molar-refractivity contribution in [3.63, 3.8) is 0 Å². The molecule has 7 nitrogen and oxygen atoms in total. The monoisotopic (exact) mass is 426 g/mol. The van der Waals surface area contributed by atoms with Crippen LogP contribution >= 0.6 is 0 Å². The predicted octanol–water partition coefficient (Wildman–Crippen LogP) is 3.53. The van der Waals surface area contributed by atoms with Crippen molar-refractivity contribution in [2.45, 2.75) is 31.1 Å². The van der Waals surface area contributed by atoms with E-state index in [0.29, 0.717) is 35.3 Å². The minimum absolute atomic E-state index is 0.144. The summed E-state index contributed by atoms with van der Waals surface area (Å²) in [4.78, 5) is 25.1. The maximum atomic E-state index is 13.1. The highest BCUT2D eigenvalue weighted by Gasteiger charge is 2.27. The molecule has 0 spiro atoms. The van der Waals surface area contributed by atoms with E-state index < -0.39 is 21.6 Å². The van der Waals surface area contributed by atoms with Gasteiger partial charge in [-0.25, -0.2) is 13.2 Å². The van der Waals surface area contributed by atoms with Crippen molar-refractivity contribution in [2.75, 3.05) is 18.4 Å². The van der Waals surface area contributed by atoms with Gasteiger partial charge in [0.2, 0.25) is 10.0 Å². The van der Waals surface area contributed by atoms with E-state index in [9.17, 15) is 18.0 Å². The summed E-state index contributed by atoms with van der Waals surface area (Å²) >= 11 is 0. The second-order valence-electron chi connectivity index (χ2n) is 7.38. The van der Waals surface area contributed by atoms with Crippen LogP contribution in [0.15, 0.2) is 62.6 Å². The molecule has 0 radical (unpaired) electrons. The fourth-order valence-electron chi connectivity index (χ4n) is 3.62. The number of para-hydroxylation sites is 1. The van der Waals surface area contributed by atoms with Crippen LogP contribution in [0.5, 0.6) is 0 Å². The molecule has 8 heteroatoms. The van der Waals surface area contributed by atoms with Crippen molar-refractivity contribution in [1.82, 2.24) is 4.31 Å². The molecule has 1 N–H and O–H groups in total. The van der Waals surface area contributed by atoms with Gasteiger partial charge in [-0.1, -0.05) is 30.7 Å². The number of rotatable bonds is 4. The van der Waals surface area contributed by atoms with Crippen molar-refractivity contribution in [1.29, 1.82) is 0 Å². The summed E-state index contributed by atoms with van der Waals surface area (Å²) in [5, 5.41) is 3.25. The summed E-state index contributed by atoms with van der Waals surface area (Å²) in [5.41, 5.74) is 0.399. The van der Waals surface area contributed by atoms with Crippen LogP contribution in [0.25, 0.3) is 11.0 Å². The number of carbonyl (C=O) groups is 1. The van der Waals surface area contributed by atoms with E-state index in [0.717, 1.165) is 19.3 Å². The zero-order valence-corrected chi connectivity index (χ0v) is 17.4. The average molecular weight is 426 g/mol. The molecule has 156 valence electrons. The van der Waals surface area contributed by atoms with Crippen molar-refractivity contribution >= 4 is 32.6 Å². The maximum absolute atomic E-state index is 13.1. The van der Waals surface area contributed by atoms with Crippen LogP contribution in [0.4, 0.5) is 5.69 Å². The molecule has 1 fully saturated rings. The largest absolute Gasteiger partial charge is 0.422 e. The van der Waals surface area contributed by atoms with E-state index in [1.54, 1.807) is 43.3 Å². The van der Waals surface area contributed by atoms with Gasteiger partial charge in [0, 0.05) is 24.2 Å². The molecular formula is C22H22N2O5S. The molecule has 1 saturated heterocycles. The number of sulfonamides is 1.